The van der Waals surface area contributed by atoms with Gasteiger partial charge in [0.05, 0.1) is 0 Å². The van der Waals surface area contributed by atoms with Gasteiger partial charge in [-0.2, -0.15) is 0 Å². The maximum Gasteiger partial charge on any atom is 0.166 e. The topological polar surface area (TPSA) is 30.0 Å². The molecule has 0 unspecified atom stereocenters. The Morgan fingerprint density at radius 2 is 2.00 bits per heavy atom. The first-order chi connectivity index (χ1) is 6.38. The Hall–Kier alpha value is -0.670. The van der Waals surface area contributed by atoms with Crippen molar-refractivity contribution in [3.63, 3.8) is 0 Å². The van der Waals surface area contributed by atoms with Crippen molar-refractivity contribution in [2.75, 3.05) is 0 Å². The van der Waals surface area contributed by atoms with Gasteiger partial charge in [0.25, 0.3) is 0 Å². The fourth-order valence-corrected chi connectivity index (χ4v) is 1.53. The lowest BCUT2D eigenvalue weighted by Crippen LogP contribution is -2.20. The van der Waals surface area contributed by atoms with Crippen molar-refractivity contribution in [2.45, 2.75) is 19.3 Å². The van der Waals surface area contributed by atoms with Crippen LogP contribution in [0.15, 0.2) is 6.07 Å². The van der Waals surface area contributed by atoms with Crippen LogP contribution in [-0.4, -0.2) is 11.3 Å². The highest BCUT2D eigenvalue weighted by Gasteiger charge is 2.25. The van der Waals surface area contributed by atoms with Gasteiger partial charge in [-0.05, 0) is 19.9 Å². The van der Waals surface area contributed by atoms with Gasteiger partial charge < -0.3 is 4.79 Å². The molecule has 0 radical (unpaired) electrons. The highest BCUT2D eigenvalue weighted by Crippen LogP contribution is 2.29. The Morgan fingerprint density at radius 3 is 2.50 bits per heavy atom. The Kier molecular flexibility index (Phi) is 3.12. The zero-order valence-electron chi connectivity index (χ0n) is 7.64. The van der Waals surface area contributed by atoms with E-state index in [0.717, 1.165) is 6.07 Å². The number of carbonyl (C=O) groups is 1. The van der Waals surface area contributed by atoms with Gasteiger partial charge >= 0.3 is 0 Å². The third kappa shape index (κ3) is 2.04. The average Bonchev–Trinajstić information content (AvgIpc) is 2.11. The molecule has 0 spiro atoms. The molecule has 0 bridgehead atoms. The number of aldehydes is 1. The van der Waals surface area contributed by atoms with Gasteiger partial charge in [-0.1, -0.05) is 23.2 Å². The summed E-state index contributed by atoms with van der Waals surface area (Å²) in [5.74, 6) is -0.680. The number of pyridine rings is 1. The zero-order valence-corrected chi connectivity index (χ0v) is 9.16. The fourth-order valence-electron chi connectivity index (χ4n) is 0.961. The first kappa shape index (κ1) is 11.4. The fraction of sp³-hybridized carbons (Fsp3) is 0.333. The molecular weight excluding hydrogens is 228 g/mol. The van der Waals surface area contributed by atoms with E-state index in [9.17, 15) is 9.18 Å². The highest BCUT2D eigenvalue weighted by atomic mass is 35.5. The van der Waals surface area contributed by atoms with Crippen molar-refractivity contribution in [2.24, 2.45) is 0 Å². The Labute approximate surface area is 91.0 Å². The molecule has 1 heterocycles. The summed E-state index contributed by atoms with van der Waals surface area (Å²) in [6.45, 7) is 3.24. The molecule has 2 nitrogen and oxygen atoms in total. The smallest absolute Gasteiger partial charge is 0.166 e. The van der Waals surface area contributed by atoms with Crippen molar-refractivity contribution in [3.8, 4) is 0 Å². The van der Waals surface area contributed by atoms with Gasteiger partial charge in [-0.25, -0.2) is 9.37 Å². The standard InChI is InChI=1S/C9H8Cl2FNO/c1-9(2,4-14)5-3-6(12)8(11)13-7(5)10/h3-4H,1-2H3. The number of halogens is 3. The first-order valence-electron chi connectivity index (χ1n) is 3.87. The molecule has 0 aliphatic rings. The minimum absolute atomic E-state index is 0.0495. The molecule has 0 atom stereocenters. The molecule has 1 rings (SSSR count). The molecule has 76 valence electrons. The molecule has 0 aromatic carbocycles. The van der Waals surface area contributed by atoms with Crippen LogP contribution in [0.25, 0.3) is 0 Å². The second-order valence-corrected chi connectivity index (χ2v) is 4.15. The van der Waals surface area contributed by atoms with Crippen LogP contribution in [0.4, 0.5) is 4.39 Å². The summed E-state index contributed by atoms with van der Waals surface area (Å²) in [5.41, 5.74) is -0.536. The maximum absolute atomic E-state index is 13.1. The minimum atomic E-state index is -0.866. The van der Waals surface area contributed by atoms with E-state index in [-0.39, 0.29) is 10.3 Å². The summed E-state index contributed by atoms with van der Waals surface area (Å²) >= 11 is 11.2. The lowest BCUT2D eigenvalue weighted by Gasteiger charge is -2.18. The monoisotopic (exact) mass is 235 g/mol. The Bertz CT molecular complexity index is 379. The molecule has 1 aromatic rings. The third-order valence-electron chi connectivity index (χ3n) is 1.88. The van der Waals surface area contributed by atoms with Crippen LogP contribution < -0.4 is 0 Å². The zero-order chi connectivity index (χ0) is 10.9. The van der Waals surface area contributed by atoms with Crippen molar-refractivity contribution in [1.82, 2.24) is 4.98 Å². The van der Waals surface area contributed by atoms with E-state index in [0.29, 0.717) is 11.8 Å². The number of aromatic nitrogens is 1. The summed E-state index contributed by atoms with van der Waals surface area (Å²) in [7, 11) is 0. The summed E-state index contributed by atoms with van der Waals surface area (Å²) in [6, 6.07) is 1.13. The molecule has 14 heavy (non-hydrogen) atoms. The lowest BCUT2D eigenvalue weighted by atomic mass is 9.87. The number of hydrogen-bond donors (Lipinski definition) is 0. The summed E-state index contributed by atoms with van der Waals surface area (Å²) in [6.07, 6.45) is 0.684. The van der Waals surface area contributed by atoms with Gasteiger partial charge in [0.15, 0.2) is 11.0 Å². The van der Waals surface area contributed by atoms with E-state index >= 15 is 0 Å². The SMILES string of the molecule is CC(C)(C=O)c1cc(F)c(Cl)nc1Cl. The van der Waals surface area contributed by atoms with Crippen LogP contribution in [0.5, 0.6) is 0 Å². The number of rotatable bonds is 2. The average molecular weight is 236 g/mol. The van der Waals surface area contributed by atoms with Crippen LogP contribution in [0, 0.1) is 5.82 Å². The van der Waals surface area contributed by atoms with E-state index in [1.54, 1.807) is 13.8 Å². The maximum atomic E-state index is 13.1. The quantitative estimate of drug-likeness (QED) is 0.583. The van der Waals surface area contributed by atoms with E-state index in [1.807, 2.05) is 0 Å². The van der Waals surface area contributed by atoms with Crippen molar-refractivity contribution >= 4 is 29.5 Å². The predicted octanol–water partition coefficient (Wildman–Crippen LogP) is 3.00. The number of carbonyl (C=O) groups excluding carboxylic acids is 1. The predicted molar refractivity (Wildman–Crippen MR) is 53.3 cm³/mol. The molecule has 1 aromatic heterocycles. The first-order valence-corrected chi connectivity index (χ1v) is 4.62. The molecule has 0 fully saturated rings. The van der Waals surface area contributed by atoms with Crippen LogP contribution >= 0.6 is 23.2 Å². The molecular formula is C9H8Cl2FNO. The minimum Gasteiger partial charge on any atom is -0.302 e. The molecule has 0 amide bonds. The van der Waals surface area contributed by atoms with E-state index < -0.39 is 11.2 Å². The van der Waals surface area contributed by atoms with Gasteiger partial charge in [0.2, 0.25) is 0 Å². The Morgan fingerprint density at radius 1 is 1.43 bits per heavy atom. The van der Waals surface area contributed by atoms with E-state index in [1.165, 1.54) is 0 Å². The van der Waals surface area contributed by atoms with E-state index in [4.69, 9.17) is 23.2 Å². The van der Waals surface area contributed by atoms with Crippen molar-refractivity contribution in [3.05, 3.63) is 27.8 Å². The molecule has 0 saturated heterocycles. The van der Waals surface area contributed by atoms with Crippen LogP contribution in [0.1, 0.15) is 19.4 Å². The third-order valence-corrected chi connectivity index (χ3v) is 2.43. The van der Waals surface area contributed by atoms with Gasteiger partial charge in [-0.3, -0.25) is 0 Å². The molecule has 0 saturated carbocycles. The summed E-state index contributed by atoms with van der Waals surface area (Å²) in [4.78, 5) is 14.3. The molecule has 0 aliphatic heterocycles. The van der Waals surface area contributed by atoms with Crippen molar-refractivity contribution in [1.29, 1.82) is 0 Å². The van der Waals surface area contributed by atoms with Gasteiger partial charge in [-0.15, -0.1) is 0 Å². The van der Waals surface area contributed by atoms with Gasteiger partial charge in [0.1, 0.15) is 11.4 Å². The Balaban J connectivity index is 3.36. The second-order valence-electron chi connectivity index (χ2n) is 3.44. The lowest BCUT2D eigenvalue weighted by molar-refractivity contribution is -0.111. The second kappa shape index (κ2) is 3.83. The van der Waals surface area contributed by atoms with Crippen LogP contribution in [0.3, 0.4) is 0 Å². The normalized spacial score (nSPS) is 11.5. The van der Waals surface area contributed by atoms with Crippen LogP contribution in [0.2, 0.25) is 10.3 Å². The number of hydrogen-bond acceptors (Lipinski definition) is 2. The largest absolute Gasteiger partial charge is 0.302 e. The highest BCUT2D eigenvalue weighted by molar-refractivity contribution is 6.33. The number of nitrogens with zero attached hydrogens (tertiary/aromatic N) is 1. The molecule has 0 N–H and O–H groups in total. The van der Waals surface area contributed by atoms with Crippen molar-refractivity contribution < 1.29 is 9.18 Å². The summed E-state index contributed by atoms with van der Waals surface area (Å²) in [5, 5.41) is -0.242. The van der Waals surface area contributed by atoms with Crippen LogP contribution in [-0.2, 0) is 10.2 Å². The van der Waals surface area contributed by atoms with E-state index in [2.05, 4.69) is 4.98 Å². The summed E-state index contributed by atoms with van der Waals surface area (Å²) < 4.78 is 13.1. The van der Waals surface area contributed by atoms with Gasteiger partial charge in [0, 0.05) is 11.0 Å². The molecule has 5 heteroatoms. The molecule has 0 aliphatic carbocycles.